The van der Waals surface area contributed by atoms with Crippen LogP contribution in [0, 0.1) is 0 Å². The molecule has 0 unspecified atom stereocenters. The van der Waals surface area contributed by atoms with Gasteiger partial charge in [-0.2, -0.15) is 5.10 Å². The topological polar surface area (TPSA) is 95.2 Å². The first-order valence-corrected chi connectivity index (χ1v) is 6.38. The molecule has 6 nitrogen and oxygen atoms in total. The summed E-state index contributed by atoms with van der Waals surface area (Å²) in [5.41, 5.74) is 7.42. The lowest BCUT2D eigenvalue weighted by molar-refractivity contribution is 0.0717. The minimum atomic E-state index is -0.220. The number of aliphatic hydroxyl groups is 1. The van der Waals surface area contributed by atoms with E-state index in [1.807, 2.05) is 13.8 Å². The summed E-state index contributed by atoms with van der Waals surface area (Å²) >= 11 is 0. The van der Waals surface area contributed by atoms with Crippen molar-refractivity contribution in [1.82, 2.24) is 15.1 Å². The molecule has 1 aromatic rings. The van der Waals surface area contributed by atoms with Crippen LogP contribution in [0.4, 0.5) is 5.69 Å². The monoisotopic (exact) mass is 254 g/mol. The Morgan fingerprint density at radius 3 is 2.67 bits per heavy atom. The average molecular weight is 254 g/mol. The van der Waals surface area contributed by atoms with Crippen LogP contribution in [-0.4, -0.2) is 45.8 Å². The van der Waals surface area contributed by atoms with Crippen molar-refractivity contribution in [3.63, 3.8) is 0 Å². The van der Waals surface area contributed by atoms with E-state index in [1.54, 1.807) is 4.90 Å². The largest absolute Gasteiger partial charge is 0.395 e. The highest BCUT2D eigenvalue weighted by Gasteiger charge is 2.21. The van der Waals surface area contributed by atoms with Crippen LogP contribution in [0.3, 0.4) is 0 Å². The SMILES string of the molecule is CCCc1[nH]nc(C(=O)N(CCC)CCO)c1N. The van der Waals surface area contributed by atoms with Crippen molar-refractivity contribution in [1.29, 1.82) is 0 Å². The zero-order valence-corrected chi connectivity index (χ0v) is 11.1. The molecule has 0 atom stereocenters. The first kappa shape index (κ1) is 14.5. The quantitative estimate of drug-likeness (QED) is 0.670. The van der Waals surface area contributed by atoms with Crippen LogP contribution in [0.25, 0.3) is 0 Å². The standard InChI is InChI=1S/C12H22N4O2/c1-3-5-9-10(13)11(15-14-9)12(18)16(6-4-2)7-8-17/h17H,3-8,13H2,1-2H3,(H,14,15). The molecule has 1 rings (SSSR count). The number of hydrogen-bond acceptors (Lipinski definition) is 4. The van der Waals surface area contributed by atoms with Crippen molar-refractivity contribution in [2.45, 2.75) is 33.1 Å². The van der Waals surface area contributed by atoms with Crippen molar-refractivity contribution in [2.24, 2.45) is 0 Å². The average Bonchev–Trinajstić information content (AvgIpc) is 2.71. The molecule has 0 radical (unpaired) electrons. The molecule has 0 bridgehead atoms. The number of hydrogen-bond donors (Lipinski definition) is 3. The third-order valence-electron chi connectivity index (χ3n) is 2.74. The molecule has 0 fully saturated rings. The minimum absolute atomic E-state index is 0.0577. The van der Waals surface area contributed by atoms with Gasteiger partial charge in [-0.05, 0) is 12.8 Å². The summed E-state index contributed by atoms with van der Waals surface area (Å²) in [6, 6.07) is 0. The number of aromatic amines is 1. The number of nitrogen functional groups attached to an aromatic ring is 1. The van der Waals surface area contributed by atoms with Gasteiger partial charge >= 0.3 is 0 Å². The van der Waals surface area contributed by atoms with Crippen molar-refractivity contribution >= 4 is 11.6 Å². The highest BCUT2D eigenvalue weighted by Crippen LogP contribution is 2.17. The zero-order valence-electron chi connectivity index (χ0n) is 11.1. The molecule has 0 aromatic carbocycles. The molecule has 0 saturated carbocycles. The molecule has 1 heterocycles. The summed E-state index contributed by atoms with van der Waals surface area (Å²) in [5.74, 6) is -0.220. The number of nitrogens with two attached hydrogens (primary N) is 1. The number of aryl methyl sites for hydroxylation is 1. The van der Waals surface area contributed by atoms with Gasteiger partial charge in [0.15, 0.2) is 5.69 Å². The Morgan fingerprint density at radius 2 is 2.11 bits per heavy atom. The molecule has 18 heavy (non-hydrogen) atoms. The molecule has 0 aliphatic carbocycles. The number of aromatic nitrogens is 2. The second kappa shape index (κ2) is 7.00. The van der Waals surface area contributed by atoms with E-state index in [-0.39, 0.29) is 18.2 Å². The van der Waals surface area contributed by atoms with E-state index in [0.717, 1.165) is 25.0 Å². The van der Waals surface area contributed by atoms with Gasteiger partial charge in [0.2, 0.25) is 0 Å². The highest BCUT2D eigenvalue weighted by atomic mass is 16.3. The molecule has 4 N–H and O–H groups in total. The predicted molar refractivity (Wildman–Crippen MR) is 70.3 cm³/mol. The molecule has 0 aliphatic heterocycles. The van der Waals surface area contributed by atoms with Crippen LogP contribution in [0.1, 0.15) is 42.9 Å². The molecular formula is C12H22N4O2. The zero-order chi connectivity index (χ0) is 13.5. The van der Waals surface area contributed by atoms with Gasteiger partial charge in [0.05, 0.1) is 18.0 Å². The fourth-order valence-corrected chi connectivity index (χ4v) is 1.85. The lowest BCUT2D eigenvalue weighted by Gasteiger charge is -2.20. The first-order chi connectivity index (χ1) is 8.65. The summed E-state index contributed by atoms with van der Waals surface area (Å²) < 4.78 is 0. The van der Waals surface area contributed by atoms with Crippen LogP contribution in [0.2, 0.25) is 0 Å². The summed E-state index contributed by atoms with van der Waals surface area (Å²) in [4.78, 5) is 13.8. The number of nitrogens with zero attached hydrogens (tertiary/aromatic N) is 2. The maximum absolute atomic E-state index is 12.2. The van der Waals surface area contributed by atoms with Crippen LogP contribution in [0.5, 0.6) is 0 Å². The van der Waals surface area contributed by atoms with E-state index in [4.69, 9.17) is 10.8 Å². The number of aliphatic hydroxyl groups excluding tert-OH is 1. The maximum Gasteiger partial charge on any atom is 0.276 e. The smallest absolute Gasteiger partial charge is 0.276 e. The molecule has 1 aromatic heterocycles. The second-order valence-corrected chi connectivity index (χ2v) is 4.23. The normalized spacial score (nSPS) is 10.6. The summed E-state index contributed by atoms with van der Waals surface area (Å²) in [7, 11) is 0. The Morgan fingerprint density at radius 1 is 1.39 bits per heavy atom. The van der Waals surface area contributed by atoms with E-state index in [0.29, 0.717) is 18.8 Å². The number of carbonyl (C=O) groups excluding carboxylic acids is 1. The van der Waals surface area contributed by atoms with Gasteiger partial charge in [0.1, 0.15) is 0 Å². The van der Waals surface area contributed by atoms with Gasteiger partial charge in [-0.25, -0.2) is 0 Å². The Balaban J connectivity index is 2.87. The lowest BCUT2D eigenvalue weighted by Crippen LogP contribution is -2.34. The predicted octanol–water partition coefficient (Wildman–Crippen LogP) is 0.789. The first-order valence-electron chi connectivity index (χ1n) is 6.38. The third kappa shape index (κ3) is 3.22. The molecule has 102 valence electrons. The van der Waals surface area contributed by atoms with Crippen LogP contribution in [0.15, 0.2) is 0 Å². The van der Waals surface area contributed by atoms with Gasteiger partial charge in [-0.15, -0.1) is 0 Å². The van der Waals surface area contributed by atoms with Crippen LogP contribution < -0.4 is 5.73 Å². The van der Waals surface area contributed by atoms with E-state index in [2.05, 4.69) is 10.2 Å². The number of amides is 1. The lowest BCUT2D eigenvalue weighted by atomic mass is 10.2. The van der Waals surface area contributed by atoms with E-state index in [1.165, 1.54) is 0 Å². The maximum atomic E-state index is 12.2. The highest BCUT2D eigenvalue weighted by molar-refractivity contribution is 5.97. The molecule has 6 heteroatoms. The fourth-order valence-electron chi connectivity index (χ4n) is 1.85. The Kier molecular flexibility index (Phi) is 5.64. The van der Waals surface area contributed by atoms with E-state index >= 15 is 0 Å². The van der Waals surface area contributed by atoms with Crippen molar-refractivity contribution < 1.29 is 9.90 Å². The van der Waals surface area contributed by atoms with Gasteiger partial charge in [-0.1, -0.05) is 20.3 Å². The van der Waals surface area contributed by atoms with Crippen LogP contribution >= 0.6 is 0 Å². The second-order valence-electron chi connectivity index (χ2n) is 4.23. The number of H-pyrrole nitrogens is 1. The fraction of sp³-hybridized carbons (Fsp3) is 0.667. The Bertz CT molecular complexity index is 383. The van der Waals surface area contributed by atoms with Crippen molar-refractivity contribution in [2.75, 3.05) is 25.4 Å². The molecular weight excluding hydrogens is 232 g/mol. The third-order valence-corrected chi connectivity index (χ3v) is 2.74. The van der Waals surface area contributed by atoms with Crippen molar-refractivity contribution in [3.05, 3.63) is 11.4 Å². The van der Waals surface area contributed by atoms with Gasteiger partial charge in [0, 0.05) is 13.1 Å². The Hall–Kier alpha value is -1.56. The van der Waals surface area contributed by atoms with Crippen molar-refractivity contribution in [3.8, 4) is 0 Å². The Labute approximate surface area is 107 Å². The minimum Gasteiger partial charge on any atom is -0.395 e. The molecule has 0 spiro atoms. The van der Waals surface area contributed by atoms with E-state index < -0.39 is 0 Å². The molecule has 0 saturated heterocycles. The van der Waals surface area contributed by atoms with Gasteiger partial charge in [0.25, 0.3) is 5.91 Å². The molecule has 0 aliphatic rings. The number of rotatable bonds is 7. The number of anilines is 1. The summed E-state index contributed by atoms with van der Waals surface area (Å²) in [6.45, 7) is 4.86. The van der Waals surface area contributed by atoms with Gasteiger partial charge < -0.3 is 15.7 Å². The van der Waals surface area contributed by atoms with E-state index in [9.17, 15) is 4.79 Å². The summed E-state index contributed by atoms with van der Waals surface area (Å²) in [5, 5.41) is 15.8. The number of carbonyl (C=O) groups is 1. The summed E-state index contributed by atoms with van der Waals surface area (Å²) in [6.07, 6.45) is 2.55. The van der Waals surface area contributed by atoms with Crippen LogP contribution in [-0.2, 0) is 6.42 Å². The van der Waals surface area contributed by atoms with Gasteiger partial charge in [-0.3, -0.25) is 9.89 Å². The molecule has 1 amide bonds. The number of nitrogens with one attached hydrogen (secondary N) is 1.